The van der Waals surface area contributed by atoms with Gasteiger partial charge in [-0.25, -0.2) is 4.79 Å². The summed E-state index contributed by atoms with van der Waals surface area (Å²) in [7, 11) is 1.33. The van der Waals surface area contributed by atoms with E-state index in [1.807, 2.05) is 45.9 Å². The van der Waals surface area contributed by atoms with Crippen molar-refractivity contribution < 1.29 is 43.1 Å². The van der Waals surface area contributed by atoms with E-state index in [9.17, 15) is 34.1 Å². The van der Waals surface area contributed by atoms with Gasteiger partial charge in [0, 0.05) is 40.4 Å². The van der Waals surface area contributed by atoms with E-state index in [0.717, 1.165) is 37.7 Å². The van der Waals surface area contributed by atoms with E-state index in [1.54, 1.807) is 48.5 Å². The zero-order valence-electron chi connectivity index (χ0n) is 43.8. The van der Waals surface area contributed by atoms with E-state index in [0.29, 0.717) is 95.1 Å². The molecule has 5 aromatic rings. The summed E-state index contributed by atoms with van der Waals surface area (Å²) in [5.74, 6) is 0.258. The Morgan fingerprint density at radius 3 is 1.62 bits per heavy atom. The SMILES string of the molecule is CC(C)COc1cc(C(=O)Nc2ccc(C(N)=O)cc2OCC(C)C)ccc1NC(=O)CCCCc1ccccc1.COC(=O)c1ccc(NC(=O)c2ccc([N+](=O)[O-])c(CCC(C)C)c2)c(CCC(C)C)c1. The van der Waals surface area contributed by atoms with Crippen LogP contribution in [-0.2, 0) is 28.8 Å². The molecule has 0 bridgehead atoms. The molecule has 0 aliphatic heterocycles. The molecule has 0 fully saturated rings. The average molecular weight is 1000 g/mol. The molecule has 73 heavy (non-hydrogen) atoms. The molecule has 0 unspecified atom stereocenters. The number of nitro groups is 1. The Kier molecular flexibility index (Phi) is 23.1. The first-order chi connectivity index (χ1) is 34.7. The zero-order valence-corrected chi connectivity index (χ0v) is 43.8. The second-order valence-electron chi connectivity index (χ2n) is 19.7. The van der Waals surface area contributed by atoms with Gasteiger partial charge in [0.1, 0.15) is 11.5 Å². The molecule has 0 atom stereocenters. The molecule has 0 radical (unpaired) electrons. The third-order valence-corrected chi connectivity index (χ3v) is 11.4. The quantitative estimate of drug-likeness (QED) is 0.0188. The minimum absolute atomic E-state index is 0.0299. The summed E-state index contributed by atoms with van der Waals surface area (Å²) in [6.45, 7) is 17.2. The number of nitrogens with zero attached hydrogens (tertiary/aromatic N) is 1. The molecule has 0 heterocycles. The Balaban J connectivity index is 0.000000327. The van der Waals surface area contributed by atoms with Crippen LogP contribution in [0.3, 0.4) is 0 Å². The largest absolute Gasteiger partial charge is 0.491 e. The highest BCUT2D eigenvalue weighted by Crippen LogP contribution is 2.31. The summed E-state index contributed by atoms with van der Waals surface area (Å²) < 4.78 is 16.6. The first-order valence-corrected chi connectivity index (χ1v) is 25.0. The van der Waals surface area contributed by atoms with E-state index < -0.39 is 16.8 Å². The van der Waals surface area contributed by atoms with Gasteiger partial charge in [0.05, 0.1) is 42.2 Å². The number of hydrogen-bond donors (Lipinski definition) is 4. The number of ether oxygens (including phenoxy) is 3. The molecule has 4 amide bonds. The molecule has 0 aliphatic carbocycles. The summed E-state index contributed by atoms with van der Waals surface area (Å²) in [6, 6.07) is 29.3. The number of rotatable bonds is 25. The number of nitrogens with one attached hydrogen (secondary N) is 3. The number of unbranched alkanes of at least 4 members (excludes halogenated alkanes) is 1. The van der Waals surface area contributed by atoms with Crippen LogP contribution in [0.25, 0.3) is 0 Å². The van der Waals surface area contributed by atoms with Crippen molar-refractivity contribution in [3.05, 3.63) is 152 Å². The van der Waals surface area contributed by atoms with Crippen molar-refractivity contribution in [3.8, 4) is 11.5 Å². The monoisotopic (exact) mass is 1000 g/mol. The summed E-state index contributed by atoms with van der Waals surface area (Å²) in [5, 5.41) is 20.1. The van der Waals surface area contributed by atoms with Crippen LogP contribution in [0.15, 0.2) is 103 Å². The maximum Gasteiger partial charge on any atom is 0.337 e. The Hall–Kier alpha value is -7.55. The first-order valence-electron chi connectivity index (χ1n) is 25.0. The maximum absolute atomic E-state index is 13.2. The Bertz CT molecular complexity index is 2660. The van der Waals surface area contributed by atoms with Crippen LogP contribution in [0, 0.1) is 33.8 Å². The number of anilines is 3. The summed E-state index contributed by atoms with van der Waals surface area (Å²) in [6.07, 6.45) is 5.90. The Morgan fingerprint density at radius 1 is 0.562 bits per heavy atom. The minimum atomic E-state index is -0.585. The van der Waals surface area contributed by atoms with Crippen molar-refractivity contribution in [3.63, 3.8) is 0 Å². The molecular weight excluding hydrogens is 927 g/mol. The van der Waals surface area contributed by atoms with Crippen molar-refractivity contribution in [2.45, 2.75) is 107 Å². The number of nitrogens with two attached hydrogens (primary N) is 1. The van der Waals surface area contributed by atoms with Crippen LogP contribution in [0.5, 0.6) is 11.5 Å². The topological polar surface area (TPSA) is 218 Å². The van der Waals surface area contributed by atoms with Crippen molar-refractivity contribution in [2.24, 2.45) is 29.4 Å². The fourth-order valence-corrected chi connectivity index (χ4v) is 7.32. The van der Waals surface area contributed by atoms with E-state index in [4.69, 9.17) is 19.9 Å². The predicted molar refractivity (Wildman–Crippen MR) is 288 cm³/mol. The van der Waals surface area contributed by atoms with Crippen LogP contribution < -0.4 is 31.2 Å². The molecule has 0 saturated carbocycles. The number of benzene rings is 5. The van der Waals surface area contributed by atoms with Gasteiger partial charge in [0.25, 0.3) is 17.5 Å². The summed E-state index contributed by atoms with van der Waals surface area (Å²) >= 11 is 0. The van der Waals surface area contributed by atoms with Gasteiger partial charge < -0.3 is 35.9 Å². The molecule has 15 nitrogen and oxygen atoms in total. The highest BCUT2D eigenvalue weighted by atomic mass is 16.6. The van der Waals surface area contributed by atoms with Crippen LogP contribution in [0.2, 0.25) is 0 Å². The van der Waals surface area contributed by atoms with E-state index >= 15 is 0 Å². The molecule has 0 saturated heterocycles. The molecule has 0 aromatic heterocycles. The number of nitro benzene ring substituents is 1. The van der Waals surface area contributed by atoms with Gasteiger partial charge in [-0.05, 0) is 146 Å². The molecule has 390 valence electrons. The Morgan fingerprint density at radius 2 is 1.05 bits per heavy atom. The van der Waals surface area contributed by atoms with Gasteiger partial charge in [-0.2, -0.15) is 0 Å². The van der Waals surface area contributed by atoms with Crippen LogP contribution >= 0.6 is 0 Å². The number of hydrogen-bond acceptors (Lipinski definition) is 10. The standard InChI is InChI=1S/C33H41N3O5.C25H32N2O5/c1-22(2)20-40-29-18-25(32(34)38)14-16-28(29)36-33(39)26-15-17-27(30(19-26)41-21-23(3)4)35-31(37)13-9-8-12-24-10-6-5-7-11-24;1-16(2)6-8-18-14-21(25(29)32-5)10-12-22(18)26-24(28)20-11-13-23(27(30)31)19(15-20)9-7-17(3)4/h5-7,10-11,14-19,22-23H,8-9,12-13,20-21H2,1-4H3,(H2,34,38)(H,35,37)(H,36,39);10-17H,6-9H2,1-5H3,(H,26,28). The van der Waals surface area contributed by atoms with E-state index in [2.05, 4.69) is 55.8 Å². The highest BCUT2D eigenvalue weighted by Gasteiger charge is 2.20. The fourth-order valence-electron chi connectivity index (χ4n) is 7.32. The van der Waals surface area contributed by atoms with Gasteiger partial charge >= 0.3 is 5.97 Å². The number of aryl methyl sites for hydroxylation is 3. The molecule has 5 N–H and O–H groups in total. The molecule has 0 spiro atoms. The summed E-state index contributed by atoms with van der Waals surface area (Å²) in [5.41, 5.74) is 11.1. The number of primary amides is 1. The van der Waals surface area contributed by atoms with Crippen molar-refractivity contribution in [1.82, 2.24) is 0 Å². The number of amides is 4. The third kappa shape index (κ3) is 19.5. The number of carbonyl (C=O) groups excluding carboxylic acids is 5. The fraction of sp³-hybridized carbons (Fsp3) is 0.397. The van der Waals surface area contributed by atoms with Gasteiger partial charge in [-0.15, -0.1) is 0 Å². The lowest BCUT2D eigenvalue weighted by molar-refractivity contribution is -0.385. The first kappa shape index (κ1) is 58.0. The van der Waals surface area contributed by atoms with E-state index in [1.165, 1.54) is 36.9 Å². The number of carbonyl (C=O) groups is 5. The number of methoxy groups -OCH3 is 1. The lowest BCUT2D eigenvalue weighted by atomic mass is 9.98. The predicted octanol–water partition coefficient (Wildman–Crippen LogP) is 12.3. The van der Waals surface area contributed by atoms with Gasteiger partial charge in [0.15, 0.2) is 0 Å². The lowest BCUT2D eigenvalue weighted by Crippen LogP contribution is -2.17. The van der Waals surface area contributed by atoms with Gasteiger partial charge in [0.2, 0.25) is 11.8 Å². The molecule has 5 aromatic carbocycles. The molecule has 15 heteroatoms. The van der Waals surface area contributed by atoms with Crippen molar-refractivity contribution >= 4 is 52.3 Å². The van der Waals surface area contributed by atoms with Crippen molar-refractivity contribution in [1.29, 1.82) is 0 Å². The van der Waals surface area contributed by atoms with E-state index in [-0.39, 0.29) is 40.8 Å². The maximum atomic E-state index is 13.2. The number of esters is 1. The lowest BCUT2D eigenvalue weighted by Gasteiger charge is -2.17. The highest BCUT2D eigenvalue weighted by molar-refractivity contribution is 6.07. The average Bonchev–Trinajstić information content (AvgIpc) is 3.35. The zero-order chi connectivity index (χ0) is 53.6. The summed E-state index contributed by atoms with van der Waals surface area (Å²) in [4.78, 5) is 73.5. The van der Waals surface area contributed by atoms with Crippen LogP contribution in [0.4, 0.5) is 22.7 Å². The minimum Gasteiger partial charge on any atom is -0.491 e. The van der Waals surface area contributed by atoms with Crippen molar-refractivity contribution in [2.75, 3.05) is 36.3 Å². The van der Waals surface area contributed by atoms with Crippen LogP contribution in [0.1, 0.15) is 146 Å². The van der Waals surface area contributed by atoms with Crippen LogP contribution in [-0.4, -0.2) is 54.8 Å². The normalized spacial score (nSPS) is 10.9. The third-order valence-electron chi connectivity index (χ3n) is 11.4. The smallest absolute Gasteiger partial charge is 0.337 e. The second-order valence-corrected chi connectivity index (χ2v) is 19.7. The second kappa shape index (κ2) is 29.1. The molecular formula is C58H73N5O10. The molecule has 5 rings (SSSR count). The van der Waals surface area contributed by atoms with Gasteiger partial charge in [-0.3, -0.25) is 29.3 Å². The van der Waals surface area contributed by atoms with Gasteiger partial charge in [-0.1, -0.05) is 85.7 Å². The Labute approximate surface area is 430 Å². The molecule has 0 aliphatic rings.